The van der Waals surface area contributed by atoms with E-state index in [4.69, 9.17) is 0 Å². The summed E-state index contributed by atoms with van der Waals surface area (Å²) in [6.07, 6.45) is 38.6. The van der Waals surface area contributed by atoms with Crippen LogP contribution in [0.2, 0.25) is 0 Å². The second-order valence-corrected chi connectivity index (χ2v) is 10.9. The van der Waals surface area contributed by atoms with Gasteiger partial charge < -0.3 is 0 Å². The first-order chi connectivity index (χ1) is 16.8. The molecule has 0 fully saturated rings. The second kappa shape index (κ2) is 23.9. The molecule has 0 atom stereocenters. The fourth-order valence-corrected chi connectivity index (χ4v) is 5.26. The summed E-state index contributed by atoms with van der Waals surface area (Å²) in [6.45, 7) is 9.35. The monoisotopic (exact) mass is 475 g/mol. The number of aryl methyl sites for hydroxylation is 2. The third-order valence-electron chi connectivity index (χ3n) is 7.60. The van der Waals surface area contributed by atoms with Gasteiger partial charge in [0.2, 0.25) is 0 Å². The molecule has 34 heavy (non-hydrogen) atoms. The van der Waals surface area contributed by atoms with E-state index in [1.807, 2.05) is 0 Å². The lowest BCUT2D eigenvalue weighted by Gasteiger charge is -2.06. The zero-order chi connectivity index (χ0) is 24.5. The zero-order valence-electron chi connectivity index (χ0n) is 23.9. The Morgan fingerprint density at radius 2 is 0.912 bits per heavy atom. The van der Waals surface area contributed by atoms with Gasteiger partial charge in [-0.1, -0.05) is 136 Å². The second-order valence-electron chi connectivity index (χ2n) is 10.9. The Hall–Kier alpha value is -0.790. The van der Waals surface area contributed by atoms with E-state index in [1.165, 1.54) is 167 Å². The van der Waals surface area contributed by atoms with Crippen LogP contribution in [-0.4, -0.2) is 4.57 Å². The van der Waals surface area contributed by atoms with Gasteiger partial charge in [0.1, 0.15) is 12.4 Å². The minimum absolute atomic E-state index is 1.21. The quantitative estimate of drug-likeness (QED) is 0.0930. The molecule has 1 aromatic heterocycles. The van der Waals surface area contributed by atoms with Crippen molar-refractivity contribution in [3.05, 3.63) is 18.2 Å². The molecule has 0 saturated heterocycles. The summed E-state index contributed by atoms with van der Waals surface area (Å²) in [5.74, 6) is 1.60. The van der Waals surface area contributed by atoms with Crippen molar-refractivity contribution in [3.8, 4) is 0 Å². The first-order valence-corrected chi connectivity index (χ1v) is 15.9. The molecular weight excluding hydrogens is 412 g/mol. The van der Waals surface area contributed by atoms with Crippen molar-refractivity contribution < 1.29 is 4.57 Å². The molecule has 0 aliphatic rings. The van der Waals surface area contributed by atoms with Crippen LogP contribution >= 0.6 is 0 Å². The van der Waals surface area contributed by atoms with E-state index in [9.17, 15) is 0 Å². The van der Waals surface area contributed by atoms with Gasteiger partial charge >= 0.3 is 0 Å². The Morgan fingerprint density at radius 1 is 0.500 bits per heavy atom. The summed E-state index contributed by atoms with van der Waals surface area (Å²) in [7, 11) is 0. The minimum atomic E-state index is 1.21. The van der Waals surface area contributed by atoms with Crippen LogP contribution in [0.1, 0.15) is 174 Å². The van der Waals surface area contributed by atoms with Gasteiger partial charge in [-0.05, 0) is 32.1 Å². The zero-order valence-corrected chi connectivity index (χ0v) is 23.9. The van der Waals surface area contributed by atoms with Crippen LogP contribution in [0.25, 0.3) is 0 Å². The highest BCUT2D eigenvalue weighted by molar-refractivity contribution is 4.84. The van der Waals surface area contributed by atoms with Gasteiger partial charge in [0.05, 0.1) is 13.1 Å². The Morgan fingerprint density at radius 3 is 1.41 bits per heavy atom. The third-order valence-corrected chi connectivity index (χ3v) is 7.60. The molecule has 0 amide bonds. The molecule has 200 valence electrons. The topological polar surface area (TPSA) is 8.81 Å². The average Bonchev–Trinajstić information content (AvgIpc) is 3.23. The lowest BCUT2D eigenvalue weighted by atomic mass is 10.0. The van der Waals surface area contributed by atoms with Gasteiger partial charge in [-0.3, -0.25) is 0 Å². The predicted octanol–water partition coefficient (Wildman–Crippen LogP) is 10.4. The van der Waals surface area contributed by atoms with Crippen LogP contribution in [0, 0.1) is 0 Å². The molecule has 0 spiro atoms. The van der Waals surface area contributed by atoms with Crippen LogP contribution in [-0.2, 0) is 19.5 Å². The Bertz CT molecular complexity index is 533. The van der Waals surface area contributed by atoms with E-state index in [1.54, 1.807) is 5.82 Å². The fourth-order valence-electron chi connectivity index (χ4n) is 5.26. The van der Waals surface area contributed by atoms with E-state index in [-0.39, 0.29) is 0 Å². The van der Waals surface area contributed by atoms with E-state index >= 15 is 0 Å². The molecule has 2 nitrogen and oxygen atoms in total. The first-order valence-electron chi connectivity index (χ1n) is 15.9. The van der Waals surface area contributed by atoms with Gasteiger partial charge in [0.15, 0.2) is 0 Å². The largest absolute Gasteiger partial charge is 0.256 e. The highest BCUT2D eigenvalue weighted by Gasteiger charge is 2.16. The number of aromatic nitrogens is 2. The van der Waals surface area contributed by atoms with E-state index in [2.05, 4.69) is 42.3 Å². The molecular formula is C32H63N2+. The minimum Gasteiger partial charge on any atom is -0.234 e. The maximum Gasteiger partial charge on any atom is 0.256 e. The molecule has 0 radical (unpaired) electrons. The van der Waals surface area contributed by atoms with Crippen LogP contribution in [0.5, 0.6) is 0 Å². The lowest BCUT2D eigenvalue weighted by molar-refractivity contribution is -0.704. The lowest BCUT2D eigenvalue weighted by Crippen LogP contribution is -2.37. The number of nitrogens with zero attached hydrogens (tertiary/aromatic N) is 2. The summed E-state index contributed by atoms with van der Waals surface area (Å²) >= 11 is 0. The van der Waals surface area contributed by atoms with Crippen molar-refractivity contribution in [1.29, 1.82) is 0 Å². The molecule has 0 unspecified atom stereocenters. The molecule has 0 saturated carbocycles. The SMILES string of the molecule is CCCCCCCCCCCCCCCCCCc1n(CCCCCC)cc[n+]1CCCCC. The normalized spacial score (nSPS) is 11.5. The summed E-state index contributed by atoms with van der Waals surface area (Å²) in [4.78, 5) is 0. The molecule has 1 aromatic rings. The molecule has 0 aliphatic carbocycles. The van der Waals surface area contributed by atoms with Crippen molar-refractivity contribution >= 4 is 0 Å². The summed E-state index contributed by atoms with van der Waals surface area (Å²) in [6, 6.07) is 0. The fraction of sp³-hybridized carbons (Fsp3) is 0.906. The number of hydrogen-bond donors (Lipinski definition) is 0. The van der Waals surface area contributed by atoms with Crippen molar-refractivity contribution in [2.24, 2.45) is 0 Å². The van der Waals surface area contributed by atoms with Crippen LogP contribution in [0.3, 0.4) is 0 Å². The Labute approximate surface area is 215 Å². The third kappa shape index (κ3) is 16.8. The number of unbranched alkanes of at least 4 members (excludes halogenated alkanes) is 20. The van der Waals surface area contributed by atoms with Crippen molar-refractivity contribution in [1.82, 2.24) is 4.57 Å². The van der Waals surface area contributed by atoms with Crippen LogP contribution in [0.15, 0.2) is 12.4 Å². The molecule has 0 aliphatic heterocycles. The Balaban J connectivity index is 2.09. The molecule has 2 heteroatoms. The first kappa shape index (κ1) is 31.2. The standard InChI is InChI=1S/C32H63N2/c1-4-7-10-12-13-14-15-16-17-18-19-20-21-22-23-24-27-32-33(28-25-9-6-3)30-31-34(32)29-26-11-8-5-2/h30-31H,4-29H2,1-3H3/q+1. The van der Waals surface area contributed by atoms with Crippen molar-refractivity contribution in [2.45, 2.75) is 188 Å². The van der Waals surface area contributed by atoms with Crippen LogP contribution in [0.4, 0.5) is 0 Å². The van der Waals surface area contributed by atoms with Gasteiger partial charge in [0.25, 0.3) is 5.82 Å². The highest BCUT2D eigenvalue weighted by atomic mass is 15.1. The van der Waals surface area contributed by atoms with Crippen LogP contribution < -0.4 is 4.57 Å². The van der Waals surface area contributed by atoms with Gasteiger partial charge in [-0.2, -0.15) is 0 Å². The van der Waals surface area contributed by atoms with E-state index in [0.717, 1.165) is 0 Å². The maximum atomic E-state index is 2.58. The number of hydrogen-bond acceptors (Lipinski definition) is 0. The van der Waals surface area contributed by atoms with Gasteiger partial charge in [-0.25, -0.2) is 9.13 Å². The van der Waals surface area contributed by atoms with E-state index in [0.29, 0.717) is 0 Å². The molecule has 0 N–H and O–H groups in total. The smallest absolute Gasteiger partial charge is 0.234 e. The molecule has 1 rings (SSSR count). The molecule has 0 bridgehead atoms. The molecule has 1 heterocycles. The summed E-state index contributed by atoms with van der Waals surface area (Å²) in [5, 5.41) is 0. The van der Waals surface area contributed by atoms with Crippen molar-refractivity contribution in [3.63, 3.8) is 0 Å². The van der Waals surface area contributed by atoms with Crippen molar-refractivity contribution in [2.75, 3.05) is 0 Å². The Kier molecular flexibility index (Phi) is 22.0. The average molecular weight is 476 g/mol. The number of imidazole rings is 1. The van der Waals surface area contributed by atoms with Gasteiger partial charge in [-0.15, -0.1) is 0 Å². The summed E-state index contributed by atoms with van der Waals surface area (Å²) < 4.78 is 5.15. The number of rotatable bonds is 26. The predicted molar refractivity (Wildman–Crippen MR) is 152 cm³/mol. The maximum absolute atomic E-state index is 2.58. The van der Waals surface area contributed by atoms with E-state index < -0.39 is 0 Å². The van der Waals surface area contributed by atoms with Gasteiger partial charge in [0, 0.05) is 6.42 Å². The summed E-state index contributed by atoms with van der Waals surface area (Å²) in [5.41, 5.74) is 0. The molecule has 0 aromatic carbocycles. The highest BCUT2D eigenvalue weighted by Crippen LogP contribution is 2.14.